The second-order valence-corrected chi connectivity index (χ2v) is 4.19. The first-order valence-corrected chi connectivity index (χ1v) is 5.37. The summed E-state index contributed by atoms with van der Waals surface area (Å²) in [6.07, 6.45) is 2.64. The number of hydrogen-bond acceptors (Lipinski definition) is 3. The molecule has 1 fully saturated rings. The van der Waals surface area contributed by atoms with Gasteiger partial charge < -0.3 is 9.80 Å². The molecule has 1 aliphatic heterocycles. The van der Waals surface area contributed by atoms with Gasteiger partial charge in [0, 0.05) is 18.3 Å². The fourth-order valence-corrected chi connectivity index (χ4v) is 2.09. The lowest BCUT2D eigenvalue weighted by atomic mass is 10.0. The van der Waals surface area contributed by atoms with Gasteiger partial charge >= 0.3 is 0 Å². The maximum atomic E-state index is 4.25. The third-order valence-corrected chi connectivity index (χ3v) is 2.96. The van der Waals surface area contributed by atoms with E-state index in [0.29, 0.717) is 0 Å². The van der Waals surface area contributed by atoms with Crippen LogP contribution in [0.15, 0.2) is 0 Å². The summed E-state index contributed by atoms with van der Waals surface area (Å²) in [4.78, 5) is 4.85. The van der Waals surface area contributed by atoms with Crippen molar-refractivity contribution in [2.45, 2.75) is 18.9 Å². The molecule has 1 aliphatic rings. The topological polar surface area (TPSA) is 6.48 Å². The number of thiol groups is 1. The van der Waals surface area contributed by atoms with Crippen LogP contribution in [0.5, 0.6) is 0 Å². The Morgan fingerprint density at radius 3 is 2.50 bits per heavy atom. The van der Waals surface area contributed by atoms with Crippen molar-refractivity contribution in [1.29, 1.82) is 0 Å². The molecule has 0 atom stereocenters. The maximum Gasteiger partial charge on any atom is 0.0117 e. The Balaban J connectivity index is 2.24. The highest BCUT2D eigenvalue weighted by atomic mass is 32.1. The molecule has 72 valence electrons. The van der Waals surface area contributed by atoms with Gasteiger partial charge in [-0.15, -0.1) is 0 Å². The van der Waals surface area contributed by atoms with Gasteiger partial charge in [-0.05, 0) is 40.0 Å². The summed E-state index contributed by atoms with van der Waals surface area (Å²) in [6, 6.07) is 0.799. The molecule has 12 heavy (non-hydrogen) atoms. The fraction of sp³-hybridized carbons (Fsp3) is 1.00. The van der Waals surface area contributed by atoms with Crippen LogP contribution in [0.4, 0.5) is 0 Å². The minimum absolute atomic E-state index is 0.799. The maximum absolute atomic E-state index is 4.25. The highest BCUT2D eigenvalue weighted by Crippen LogP contribution is 2.13. The van der Waals surface area contributed by atoms with Crippen molar-refractivity contribution < 1.29 is 0 Å². The third kappa shape index (κ3) is 2.96. The third-order valence-electron chi connectivity index (χ3n) is 2.76. The molecule has 0 aliphatic carbocycles. The van der Waals surface area contributed by atoms with Crippen molar-refractivity contribution >= 4 is 12.6 Å². The molecule has 0 saturated carbocycles. The van der Waals surface area contributed by atoms with Crippen LogP contribution in [0.25, 0.3) is 0 Å². The summed E-state index contributed by atoms with van der Waals surface area (Å²) in [5.41, 5.74) is 0. The zero-order chi connectivity index (χ0) is 8.97. The van der Waals surface area contributed by atoms with Crippen LogP contribution in [-0.2, 0) is 0 Å². The van der Waals surface area contributed by atoms with Gasteiger partial charge in [-0.1, -0.05) is 0 Å². The van der Waals surface area contributed by atoms with Gasteiger partial charge in [-0.3, -0.25) is 0 Å². The Hall–Kier alpha value is 0.270. The van der Waals surface area contributed by atoms with Gasteiger partial charge in [0.2, 0.25) is 0 Å². The molecular formula is C9H20N2S. The van der Waals surface area contributed by atoms with Crippen molar-refractivity contribution in [1.82, 2.24) is 9.80 Å². The predicted molar refractivity (Wildman–Crippen MR) is 57.0 cm³/mol. The quantitative estimate of drug-likeness (QED) is 0.659. The van der Waals surface area contributed by atoms with Crippen LogP contribution in [0.1, 0.15) is 12.8 Å². The van der Waals surface area contributed by atoms with E-state index in [2.05, 4.69) is 36.5 Å². The van der Waals surface area contributed by atoms with Crippen LogP contribution in [0.2, 0.25) is 0 Å². The fourth-order valence-electron chi connectivity index (χ4n) is 1.78. The van der Waals surface area contributed by atoms with Gasteiger partial charge in [-0.25, -0.2) is 0 Å². The molecule has 0 amide bonds. The number of nitrogens with zero attached hydrogens (tertiary/aromatic N) is 2. The lowest BCUT2D eigenvalue weighted by Crippen LogP contribution is -2.42. The minimum atomic E-state index is 0.799. The second kappa shape index (κ2) is 5.10. The van der Waals surface area contributed by atoms with Crippen LogP contribution in [-0.4, -0.2) is 55.3 Å². The van der Waals surface area contributed by atoms with Crippen LogP contribution < -0.4 is 0 Å². The molecule has 1 rings (SSSR count). The highest BCUT2D eigenvalue weighted by molar-refractivity contribution is 7.80. The van der Waals surface area contributed by atoms with Gasteiger partial charge in [0.05, 0.1) is 0 Å². The van der Waals surface area contributed by atoms with E-state index >= 15 is 0 Å². The van der Waals surface area contributed by atoms with Crippen LogP contribution >= 0.6 is 12.6 Å². The Labute approximate surface area is 81.3 Å². The molecule has 0 aromatic rings. The standard InChI is InChI=1S/C9H20N2S/c1-10-5-3-9(4-6-10)11(2)7-8-12/h9,12H,3-8H2,1-2H3. The van der Waals surface area contributed by atoms with Crippen molar-refractivity contribution in [3.63, 3.8) is 0 Å². The van der Waals surface area contributed by atoms with Crippen molar-refractivity contribution in [2.24, 2.45) is 0 Å². The molecule has 0 unspecified atom stereocenters. The summed E-state index contributed by atoms with van der Waals surface area (Å²) in [6.45, 7) is 3.63. The Bertz CT molecular complexity index is 122. The lowest BCUT2D eigenvalue weighted by molar-refractivity contribution is 0.150. The van der Waals surface area contributed by atoms with E-state index < -0.39 is 0 Å². The first-order chi connectivity index (χ1) is 5.74. The average molecular weight is 188 g/mol. The van der Waals surface area contributed by atoms with Crippen molar-refractivity contribution in [3.05, 3.63) is 0 Å². The summed E-state index contributed by atoms with van der Waals surface area (Å²) in [5, 5.41) is 0. The molecule has 0 spiro atoms. The second-order valence-electron chi connectivity index (χ2n) is 3.74. The summed E-state index contributed by atoms with van der Waals surface area (Å²) >= 11 is 4.25. The molecule has 0 N–H and O–H groups in total. The molecule has 0 aromatic carbocycles. The van der Waals surface area contributed by atoms with E-state index in [4.69, 9.17) is 0 Å². The predicted octanol–water partition coefficient (Wildman–Crippen LogP) is 0.942. The van der Waals surface area contributed by atoms with E-state index in [1.807, 2.05) is 0 Å². The summed E-state index contributed by atoms with van der Waals surface area (Å²) < 4.78 is 0. The number of hydrogen-bond donors (Lipinski definition) is 1. The zero-order valence-corrected chi connectivity index (χ0v) is 9.06. The average Bonchev–Trinajstić information content (AvgIpc) is 2.06. The molecule has 0 radical (unpaired) electrons. The molecule has 2 nitrogen and oxygen atoms in total. The summed E-state index contributed by atoms with van der Waals surface area (Å²) in [7, 11) is 4.42. The monoisotopic (exact) mass is 188 g/mol. The normalized spacial score (nSPS) is 22.0. The van der Waals surface area contributed by atoms with E-state index in [0.717, 1.165) is 18.3 Å². The molecule has 0 bridgehead atoms. The van der Waals surface area contributed by atoms with Crippen LogP contribution in [0, 0.1) is 0 Å². The van der Waals surface area contributed by atoms with Crippen molar-refractivity contribution in [3.8, 4) is 0 Å². The minimum Gasteiger partial charge on any atom is -0.306 e. The van der Waals surface area contributed by atoms with E-state index in [9.17, 15) is 0 Å². The molecule has 3 heteroatoms. The lowest BCUT2D eigenvalue weighted by Gasteiger charge is -2.34. The zero-order valence-electron chi connectivity index (χ0n) is 8.16. The molecule has 0 aromatic heterocycles. The Kier molecular flexibility index (Phi) is 4.40. The van der Waals surface area contributed by atoms with Gasteiger partial charge in [0.1, 0.15) is 0 Å². The number of rotatable bonds is 3. The van der Waals surface area contributed by atoms with E-state index in [1.165, 1.54) is 25.9 Å². The molecule has 1 heterocycles. The summed E-state index contributed by atoms with van der Waals surface area (Å²) in [5.74, 6) is 0.975. The van der Waals surface area contributed by atoms with Crippen molar-refractivity contribution in [2.75, 3.05) is 39.5 Å². The number of piperidine rings is 1. The number of likely N-dealkylation sites (tertiary alicyclic amines) is 1. The largest absolute Gasteiger partial charge is 0.306 e. The van der Waals surface area contributed by atoms with E-state index in [-0.39, 0.29) is 0 Å². The van der Waals surface area contributed by atoms with Gasteiger partial charge in [-0.2, -0.15) is 12.6 Å². The first kappa shape index (κ1) is 10.4. The Morgan fingerprint density at radius 1 is 1.42 bits per heavy atom. The smallest absolute Gasteiger partial charge is 0.0117 e. The Morgan fingerprint density at radius 2 is 2.00 bits per heavy atom. The first-order valence-electron chi connectivity index (χ1n) is 4.73. The van der Waals surface area contributed by atoms with Crippen LogP contribution in [0.3, 0.4) is 0 Å². The highest BCUT2D eigenvalue weighted by Gasteiger charge is 2.19. The molecular weight excluding hydrogens is 168 g/mol. The SMILES string of the molecule is CN1CCC(N(C)CCS)CC1. The van der Waals surface area contributed by atoms with Gasteiger partial charge in [0.25, 0.3) is 0 Å². The van der Waals surface area contributed by atoms with Gasteiger partial charge in [0.15, 0.2) is 0 Å². The van der Waals surface area contributed by atoms with E-state index in [1.54, 1.807) is 0 Å². The molecule has 1 saturated heterocycles.